The molecule has 0 unspecified atom stereocenters. The van der Waals surface area contributed by atoms with E-state index in [1.807, 2.05) is 9.97 Å². The number of nitrogens with zero attached hydrogens (tertiary/aromatic N) is 2. The maximum atomic E-state index is 14.1. The van der Waals surface area contributed by atoms with Gasteiger partial charge in [0.2, 0.25) is 11.6 Å². The molecule has 208 valence electrons. The molecule has 40 heavy (non-hydrogen) atoms. The van der Waals surface area contributed by atoms with Crippen LogP contribution in [0.1, 0.15) is 23.6 Å². The van der Waals surface area contributed by atoms with Crippen LogP contribution in [0, 0.1) is 11.6 Å². The van der Waals surface area contributed by atoms with Gasteiger partial charge in [-0.2, -0.15) is 8.78 Å². The highest BCUT2D eigenvalue weighted by atomic mass is 19.1. The standard InChI is InChI=1S/C26H22F2N4O8/c27-17-9-31(25(35)29-23(17)33)21-14-38-20-8-4-2-6-16(20)12-40-22(32-10-18(28)24(34)30-26(32)36)13-37-19-7-3-1-5-15(19)11-39-21/h1-10,21-22H,11-14H2,(H,29,33,35)(H,30,34,36)/t21-,22+. The van der Waals surface area contributed by atoms with Gasteiger partial charge in [0, 0.05) is 11.1 Å². The van der Waals surface area contributed by atoms with Crippen molar-refractivity contribution in [1.82, 2.24) is 19.1 Å². The number of aromatic amines is 2. The van der Waals surface area contributed by atoms with E-state index in [-0.39, 0.29) is 26.4 Å². The van der Waals surface area contributed by atoms with E-state index in [1.54, 1.807) is 48.5 Å². The largest absolute Gasteiger partial charge is 0.488 e. The van der Waals surface area contributed by atoms with E-state index in [2.05, 4.69) is 0 Å². The Morgan fingerprint density at radius 3 is 1.48 bits per heavy atom. The number of para-hydroxylation sites is 2. The summed E-state index contributed by atoms with van der Waals surface area (Å²) in [6, 6.07) is 13.4. The van der Waals surface area contributed by atoms with Crippen LogP contribution in [0.3, 0.4) is 0 Å². The molecule has 3 heterocycles. The Balaban J connectivity index is 1.53. The summed E-state index contributed by atoms with van der Waals surface area (Å²) < 4.78 is 53.7. The average Bonchev–Trinajstić information content (AvgIpc) is 2.94. The number of benzene rings is 2. The van der Waals surface area contributed by atoms with E-state index in [4.69, 9.17) is 18.9 Å². The van der Waals surface area contributed by atoms with Gasteiger partial charge in [0.1, 0.15) is 24.7 Å². The van der Waals surface area contributed by atoms with Crippen LogP contribution in [0.15, 0.2) is 80.1 Å². The lowest BCUT2D eigenvalue weighted by molar-refractivity contribution is -0.0535. The minimum absolute atomic E-state index is 0.141. The lowest BCUT2D eigenvalue weighted by Gasteiger charge is -2.25. The Hall–Kier alpha value is -4.82. The Morgan fingerprint density at radius 2 is 1.05 bits per heavy atom. The number of halogens is 2. The first-order valence-electron chi connectivity index (χ1n) is 12.0. The van der Waals surface area contributed by atoms with Crippen molar-refractivity contribution in [2.24, 2.45) is 0 Å². The summed E-state index contributed by atoms with van der Waals surface area (Å²) >= 11 is 0. The Morgan fingerprint density at radius 1 is 0.650 bits per heavy atom. The lowest BCUT2D eigenvalue weighted by atomic mass is 10.2. The van der Waals surface area contributed by atoms with Crippen molar-refractivity contribution in [1.29, 1.82) is 0 Å². The van der Waals surface area contributed by atoms with E-state index in [0.29, 0.717) is 22.6 Å². The molecule has 0 saturated carbocycles. The molecule has 1 aliphatic rings. The van der Waals surface area contributed by atoms with Crippen LogP contribution < -0.4 is 32.0 Å². The fourth-order valence-corrected chi connectivity index (χ4v) is 3.99. The summed E-state index contributed by atoms with van der Waals surface area (Å²) in [5.41, 5.74) is -3.13. The molecule has 0 aliphatic carbocycles. The second-order valence-corrected chi connectivity index (χ2v) is 8.66. The van der Waals surface area contributed by atoms with Crippen molar-refractivity contribution in [3.05, 3.63) is 125 Å². The lowest BCUT2D eigenvalue weighted by Crippen LogP contribution is -2.37. The quantitative estimate of drug-likeness (QED) is 0.378. The number of hydrogen-bond acceptors (Lipinski definition) is 8. The number of fused-ring (bicyclic) bond motifs is 2. The second kappa shape index (κ2) is 11.5. The smallest absolute Gasteiger partial charge is 0.330 e. The minimum Gasteiger partial charge on any atom is -0.488 e. The zero-order valence-electron chi connectivity index (χ0n) is 20.7. The molecule has 12 nitrogen and oxygen atoms in total. The maximum absolute atomic E-state index is 14.1. The summed E-state index contributed by atoms with van der Waals surface area (Å²) in [5.74, 6) is -1.74. The first kappa shape index (κ1) is 26.8. The van der Waals surface area contributed by atoms with Crippen LogP contribution in [0.25, 0.3) is 0 Å². The van der Waals surface area contributed by atoms with Crippen molar-refractivity contribution in [3.8, 4) is 11.5 Å². The molecule has 2 atom stereocenters. The molecule has 0 spiro atoms. The Bertz CT molecular complexity index is 1580. The summed E-state index contributed by atoms with van der Waals surface area (Å²) in [6.07, 6.45) is -0.860. The van der Waals surface area contributed by atoms with Gasteiger partial charge in [-0.25, -0.2) is 9.59 Å². The molecule has 0 bridgehead atoms. The first-order valence-corrected chi connectivity index (χ1v) is 12.0. The van der Waals surface area contributed by atoms with Gasteiger partial charge in [0.25, 0.3) is 11.1 Å². The topological polar surface area (TPSA) is 147 Å². The van der Waals surface area contributed by atoms with Crippen LogP contribution in [0.4, 0.5) is 8.78 Å². The third-order valence-electron chi connectivity index (χ3n) is 6.04. The molecule has 14 heteroatoms. The summed E-state index contributed by atoms with van der Waals surface area (Å²) in [4.78, 5) is 51.9. The molecule has 0 saturated heterocycles. The van der Waals surface area contributed by atoms with E-state index in [0.717, 1.165) is 21.5 Å². The summed E-state index contributed by atoms with van der Waals surface area (Å²) in [5, 5.41) is 0. The fourth-order valence-electron chi connectivity index (χ4n) is 3.99. The fraction of sp³-hybridized carbons (Fsp3) is 0.231. The normalized spacial score (nSPS) is 17.9. The number of rotatable bonds is 2. The molecular weight excluding hydrogens is 534 g/mol. The highest BCUT2D eigenvalue weighted by Gasteiger charge is 2.22. The molecule has 0 amide bonds. The molecule has 2 N–H and O–H groups in total. The van der Waals surface area contributed by atoms with Gasteiger partial charge in [0.05, 0.1) is 25.6 Å². The SMILES string of the molecule is O=c1[nH]c(=O)n([C@@H]2COc3ccccc3CO[C@@H](n3cc(F)c(=O)[nH]c3=O)COc3ccccc3CO2)cc1F. The molecule has 0 radical (unpaired) electrons. The van der Waals surface area contributed by atoms with Gasteiger partial charge in [-0.05, 0) is 12.1 Å². The third kappa shape index (κ3) is 5.77. The number of nitrogens with one attached hydrogen (secondary N) is 2. The molecule has 0 fully saturated rings. The minimum atomic E-state index is -1.18. The summed E-state index contributed by atoms with van der Waals surface area (Å²) in [7, 11) is 0. The van der Waals surface area contributed by atoms with Crippen molar-refractivity contribution >= 4 is 0 Å². The third-order valence-corrected chi connectivity index (χ3v) is 6.04. The van der Waals surface area contributed by atoms with Crippen LogP contribution in [-0.2, 0) is 22.7 Å². The van der Waals surface area contributed by atoms with Crippen LogP contribution in [0.2, 0.25) is 0 Å². The number of aromatic nitrogens is 4. The van der Waals surface area contributed by atoms with Gasteiger partial charge in [-0.15, -0.1) is 0 Å². The highest BCUT2D eigenvalue weighted by Crippen LogP contribution is 2.26. The zero-order valence-corrected chi connectivity index (χ0v) is 20.7. The van der Waals surface area contributed by atoms with Crippen molar-refractivity contribution in [3.63, 3.8) is 0 Å². The van der Waals surface area contributed by atoms with Crippen LogP contribution in [-0.4, -0.2) is 32.3 Å². The predicted molar refractivity (Wildman–Crippen MR) is 134 cm³/mol. The van der Waals surface area contributed by atoms with Crippen LogP contribution >= 0.6 is 0 Å². The van der Waals surface area contributed by atoms with Gasteiger partial charge >= 0.3 is 11.4 Å². The van der Waals surface area contributed by atoms with Crippen molar-refractivity contribution in [2.45, 2.75) is 25.7 Å². The van der Waals surface area contributed by atoms with E-state index in [1.165, 1.54) is 0 Å². The van der Waals surface area contributed by atoms with Gasteiger partial charge in [-0.3, -0.25) is 28.7 Å². The van der Waals surface area contributed by atoms with E-state index in [9.17, 15) is 28.0 Å². The summed E-state index contributed by atoms with van der Waals surface area (Å²) in [6.45, 7) is -0.839. The highest BCUT2D eigenvalue weighted by molar-refractivity contribution is 5.33. The maximum Gasteiger partial charge on any atom is 0.330 e. The molecular formula is C26H22F2N4O8. The Labute approximate surface area is 223 Å². The monoisotopic (exact) mass is 556 g/mol. The second-order valence-electron chi connectivity index (χ2n) is 8.66. The van der Waals surface area contributed by atoms with Gasteiger partial charge in [-0.1, -0.05) is 36.4 Å². The molecule has 5 rings (SSSR count). The molecule has 2 aromatic carbocycles. The molecule has 2 aromatic heterocycles. The molecule has 1 aliphatic heterocycles. The van der Waals surface area contributed by atoms with Gasteiger partial charge in [0.15, 0.2) is 12.5 Å². The van der Waals surface area contributed by atoms with Gasteiger partial charge < -0.3 is 18.9 Å². The number of hydrogen-bond donors (Lipinski definition) is 2. The van der Waals surface area contributed by atoms with Crippen molar-refractivity contribution in [2.75, 3.05) is 13.2 Å². The van der Waals surface area contributed by atoms with E-state index < -0.39 is 46.6 Å². The first-order chi connectivity index (χ1) is 19.3. The predicted octanol–water partition coefficient (Wildman–Crippen LogP) is 1.57. The number of ether oxygens (including phenoxy) is 4. The molecule has 4 aromatic rings. The van der Waals surface area contributed by atoms with Crippen molar-refractivity contribution < 1.29 is 27.7 Å². The average molecular weight is 556 g/mol. The Kier molecular flexibility index (Phi) is 7.70. The zero-order chi connectivity index (χ0) is 28.2. The van der Waals surface area contributed by atoms with Crippen LogP contribution in [0.5, 0.6) is 11.5 Å². The van der Waals surface area contributed by atoms with E-state index >= 15 is 0 Å². The number of H-pyrrole nitrogens is 2.